The molecule has 2 fully saturated rings. The van der Waals surface area contributed by atoms with Gasteiger partial charge in [0, 0.05) is 43.9 Å². The van der Waals surface area contributed by atoms with E-state index < -0.39 is 0 Å². The van der Waals surface area contributed by atoms with E-state index in [0.29, 0.717) is 18.2 Å². The summed E-state index contributed by atoms with van der Waals surface area (Å²) in [6.45, 7) is 0. The van der Waals surface area contributed by atoms with Crippen molar-refractivity contribution in [2.75, 3.05) is 0 Å². The first-order valence-electron chi connectivity index (χ1n) is 16.8. The molecule has 2 aliphatic heterocycles. The first-order valence-corrected chi connectivity index (χ1v) is 16.8. The number of benzene rings is 5. The maximum Gasteiger partial charge on any atom is 0.109 e. The van der Waals surface area contributed by atoms with Gasteiger partial charge < -0.3 is 13.7 Å². The summed E-state index contributed by atoms with van der Waals surface area (Å²) in [7, 11) is 0. The number of nitrogens with zero attached hydrogens (tertiary/aromatic N) is 4. The molecule has 4 unspecified atom stereocenters. The van der Waals surface area contributed by atoms with Crippen LogP contribution >= 0.6 is 0 Å². The van der Waals surface area contributed by atoms with Crippen molar-refractivity contribution < 1.29 is 0 Å². The van der Waals surface area contributed by atoms with Gasteiger partial charge in [-0.2, -0.15) is 0 Å². The molecule has 45 heavy (non-hydrogen) atoms. The molecule has 0 radical (unpaired) electrons. The lowest BCUT2D eigenvalue weighted by Crippen LogP contribution is -2.17. The van der Waals surface area contributed by atoms with Crippen LogP contribution in [0.2, 0.25) is 0 Å². The molecule has 0 bridgehead atoms. The maximum atomic E-state index is 2.75. The molecule has 8 aromatic rings. The Morgan fingerprint density at radius 1 is 0.422 bits per heavy atom. The normalized spacial score (nSPS) is 23.4. The highest BCUT2D eigenvalue weighted by atomic mass is 15.5. The number of fused-ring (bicyclic) bond motifs is 11. The van der Waals surface area contributed by atoms with E-state index in [1.807, 2.05) is 0 Å². The van der Waals surface area contributed by atoms with Crippen LogP contribution in [0.5, 0.6) is 0 Å². The molecule has 1 saturated carbocycles. The molecule has 4 nitrogen and oxygen atoms in total. The molecule has 5 aromatic carbocycles. The number of aromatic nitrogens is 3. The van der Waals surface area contributed by atoms with Crippen molar-refractivity contribution in [1.29, 1.82) is 0 Å². The molecule has 11 rings (SSSR count). The zero-order valence-corrected chi connectivity index (χ0v) is 25.2. The zero-order valence-electron chi connectivity index (χ0n) is 25.2. The zero-order chi connectivity index (χ0) is 29.2. The lowest BCUT2D eigenvalue weighted by molar-refractivity contribution is 0.337. The van der Waals surface area contributed by atoms with Gasteiger partial charge in [0.15, 0.2) is 0 Å². The summed E-state index contributed by atoms with van der Waals surface area (Å²) in [4.78, 5) is 2.72. The summed E-state index contributed by atoms with van der Waals surface area (Å²) in [5.74, 6) is 0. The minimum absolute atomic E-state index is 0.144. The molecular weight excluding hydrogens is 548 g/mol. The van der Waals surface area contributed by atoms with Gasteiger partial charge in [-0.1, -0.05) is 110 Å². The Morgan fingerprint density at radius 2 is 0.889 bits per heavy atom. The highest BCUT2D eigenvalue weighted by molar-refractivity contribution is 6.22. The molecule has 4 atom stereocenters. The van der Waals surface area contributed by atoms with Gasteiger partial charge in [-0.3, -0.25) is 0 Å². The second kappa shape index (κ2) is 8.89. The fourth-order valence-corrected chi connectivity index (χ4v) is 9.40. The molecule has 0 amide bonds. The molecule has 5 heterocycles. The molecule has 0 N–H and O–H groups in total. The van der Waals surface area contributed by atoms with Crippen LogP contribution in [0.3, 0.4) is 0 Å². The maximum absolute atomic E-state index is 2.75. The van der Waals surface area contributed by atoms with Crippen LogP contribution in [0.25, 0.3) is 65.4 Å². The molecular formula is C41H34N4. The van der Waals surface area contributed by atoms with Crippen LogP contribution in [0.15, 0.2) is 121 Å². The van der Waals surface area contributed by atoms with Gasteiger partial charge in [0.25, 0.3) is 0 Å². The van der Waals surface area contributed by atoms with Crippen molar-refractivity contribution in [3.63, 3.8) is 0 Å². The molecule has 0 spiro atoms. The van der Waals surface area contributed by atoms with Crippen molar-refractivity contribution in [3.05, 3.63) is 121 Å². The monoisotopic (exact) mass is 582 g/mol. The summed E-state index contributed by atoms with van der Waals surface area (Å²) < 4.78 is 8.05. The number of para-hydroxylation sites is 4. The molecule has 3 aromatic heterocycles. The Bertz CT molecular complexity index is 2460. The van der Waals surface area contributed by atoms with Crippen LogP contribution in [0.4, 0.5) is 0 Å². The van der Waals surface area contributed by atoms with Gasteiger partial charge in [0.05, 0.1) is 33.6 Å². The van der Waals surface area contributed by atoms with Crippen LogP contribution in [0.1, 0.15) is 50.5 Å². The van der Waals surface area contributed by atoms with E-state index in [1.54, 1.807) is 0 Å². The highest BCUT2D eigenvalue weighted by Crippen LogP contribution is 2.55. The van der Waals surface area contributed by atoms with E-state index in [1.165, 1.54) is 97.5 Å². The Morgan fingerprint density at radius 3 is 1.47 bits per heavy atom. The van der Waals surface area contributed by atoms with Crippen molar-refractivity contribution in [2.45, 2.75) is 56.5 Å². The molecule has 218 valence electrons. The van der Waals surface area contributed by atoms with Crippen molar-refractivity contribution in [2.24, 2.45) is 0 Å². The van der Waals surface area contributed by atoms with E-state index in [2.05, 4.69) is 140 Å². The van der Waals surface area contributed by atoms with Crippen molar-refractivity contribution >= 4 is 65.4 Å². The highest BCUT2D eigenvalue weighted by Gasteiger charge is 2.55. The SMILES string of the molecule is C1=CC(n2c3ccccc3c3ccc4c5ccccc5n(C5CCCCC5)c4c32)N2C1C2n1c2ccccc2c2ccccc21. The first kappa shape index (κ1) is 24.5. The summed E-state index contributed by atoms with van der Waals surface area (Å²) in [5, 5.41) is 8.17. The molecule has 1 saturated heterocycles. The number of rotatable bonds is 3. The van der Waals surface area contributed by atoms with E-state index in [9.17, 15) is 0 Å². The predicted octanol–water partition coefficient (Wildman–Crippen LogP) is 10.5. The predicted molar refractivity (Wildman–Crippen MR) is 187 cm³/mol. The summed E-state index contributed by atoms with van der Waals surface area (Å²) in [6.07, 6.45) is 11.9. The lowest BCUT2D eigenvalue weighted by atomic mass is 9.95. The smallest absolute Gasteiger partial charge is 0.109 e. The van der Waals surface area contributed by atoms with Gasteiger partial charge >= 0.3 is 0 Å². The summed E-state index contributed by atoms with van der Waals surface area (Å²) in [6, 6.07) is 41.8. The van der Waals surface area contributed by atoms with Gasteiger partial charge in [-0.25, -0.2) is 4.90 Å². The number of hydrogen-bond donors (Lipinski definition) is 0. The largest absolute Gasteiger partial charge is 0.336 e. The quantitative estimate of drug-likeness (QED) is 0.150. The Labute approximate surface area is 261 Å². The van der Waals surface area contributed by atoms with E-state index in [4.69, 9.17) is 0 Å². The second-order valence-electron chi connectivity index (χ2n) is 13.5. The third-order valence-electron chi connectivity index (χ3n) is 11.3. The third kappa shape index (κ3) is 3.15. The third-order valence-corrected chi connectivity index (χ3v) is 11.3. The average Bonchev–Trinajstić information content (AvgIpc) is 3.45. The average molecular weight is 583 g/mol. The Kier molecular flexibility index (Phi) is 4.84. The summed E-state index contributed by atoms with van der Waals surface area (Å²) >= 11 is 0. The minimum atomic E-state index is 0.144. The molecule has 3 aliphatic rings. The first-order chi connectivity index (χ1) is 22.4. The van der Waals surface area contributed by atoms with E-state index >= 15 is 0 Å². The fraction of sp³-hybridized carbons (Fsp3) is 0.220. The van der Waals surface area contributed by atoms with Crippen LogP contribution in [-0.4, -0.2) is 24.6 Å². The molecule has 1 aliphatic carbocycles. The molecule has 4 heteroatoms. The van der Waals surface area contributed by atoms with Gasteiger partial charge in [-0.05, 0) is 43.2 Å². The standard InChI is InChI=1S/C41H34N4/c1-2-12-26(13-3-1)42-33-18-8-6-16-29(33)31-22-23-32-30-17-7-11-21-36(30)44(40(32)39(31)42)38-25-24-37-41(45(37)38)43-34-19-9-4-14-27(34)28-15-5-10-20-35(28)43/h4-11,14-26,37-38,41H,1-3,12-13H2. The Balaban J connectivity index is 1.19. The fourth-order valence-electron chi connectivity index (χ4n) is 9.40. The van der Waals surface area contributed by atoms with Crippen LogP contribution in [0, 0.1) is 0 Å². The van der Waals surface area contributed by atoms with E-state index in [-0.39, 0.29) is 6.17 Å². The van der Waals surface area contributed by atoms with Crippen LogP contribution in [-0.2, 0) is 0 Å². The van der Waals surface area contributed by atoms with Crippen molar-refractivity contribution in [1.82, 2.24) is 18.6 Å². The lowest BCUT2D eigenvalue weighted by Gasteiger charge is -2.26. The second-order valence-corrected chi connectivity index (χ2v) is 13.5. The van der Waals surface area contributed by atoms with Gasteiger partial charge in [0.2, 0.25) is 0 Å². The minimum Gasteiger partial charge on any atom is -0.336 e. The van der Waals surface area contributed by atoms with Gasteiger partial charge in [0.1, 0.15) is 12.3 Å². The summed E-state index contributed by atoms with van der Waals surface area (Å²) in [5.41, 5.74) is 8.17. The van der Waals surface area contributed by atoms with E-state index in [0.717, 1.165) is 0 Å². The van der Waals surface area contributed by atoms with Gasteiger partial charge in [-0.15, -0.1) is 0 Å². The Hall–Kier alpha value is -4.80. The van der Waals surface area contributed by atoms with Crippen molar-refractivity contribution in [3.8, 4) is 0 Å². The number of hydrogen-bond acceptors (Lipinski definition) is 1. The topological polar surface area (TPSA) is 17.8 Å². The van der Waals surface area contributed by atoms with Crippen LogP contribution < -0.4 is 0 Å².